The van der Waals surface area contributed by atoms with Crippen LogP contribution in [0.4, 0.5) is 5.82 Å². The monoisotopic (exact) mass is 198 g/mol. The van der Waals surface area contributed by atoms with Gasteiger partial charge in [-0.1, -0.05) is 0 Å². The van der Waals surface area contributed by atoms with Gasteiger partial charge in [-0.2, -0.15) is 0 Å². The third kappa shape index (κ3) is 4.15. The lowest BCUT2D eigenvalue weighted by atomic mass is 10.5. The molecule has 0 spiro atoms. The van der Waals surface area contributed by atoms with Crippen molar-refractivity contribution in [1.82, 2.24) is 4.98 Å². The largest absolute Gasteiger partial charge is 0.385 e. The van der Waals surface area contributed by atoms with Gasteiger partial charge in [0.05, 0.1) is 0 Å². The molecule has 2 N–H and O–H groups in total. The minimum Gasteiger partial charge on any atom is -0.385 e. The maximum atomic E-state index is 5.46. The van der Waals surface area contributed by atoms with Gasteiger partial charge in [0.2, 0.25) is 0 Å². The summed E-state index contributed by atoms with van der Waals surface area (Å²) in [6, 6.07) is 3.80. The van der Waals surface area contributed by atoms with Crippen molar-refractivity contribution in [3.05, 3.63) is 18.3 Å². The lowest BCUT2D eigenvalue weighted by Crippen LogP contribution is -1.91. The molecule has 0 unspecified atom stereocenters. The maximum absolute atomic E-state index is 5.46. The first-order valence-corrected chi connectivity index (χ1v) is 5.15. The van der Waals surface area contributed by atoms with Gasteiger partial charge in [-0.05, 0) is 18.6 Å². The number of hydrogen-bond acceptors (Lipinski definition) is 4. The first-order valence-electron chi connectivity index (χ1n) is 4.16. The number of methoxy groups -OCH3 is 1. The Kier molecular flexibility index (Phi) is 4.64. The van der Waals surface area contributed by atoms with E-state index in [1.54, 1.807) is 25.1 Å². The first-order chi connectivity index (χ1) is 6.33. The Hall–Kier alpha value is -0.740. The van der Waals surface area contributed by atoms with Gasteiger partial charge in [0.25, 0.3) is 0 Å². The number of pyridine rings is 1. The van der Waals surface area contributed by atoms with Crippen molar-refractivity contribution in [2.45, 2.75) is 11.3 Å². The fourth-order valence-electron chi connectivity index (χ4n) is 0.870. The Morgan fingerprint density at radius 2 is 2.38 bits per heavy atom. The van der Waals surface area contributed by atoms with Gasteiger partial charge in [0, 0.05) is 30.6 Å². The van der Waals surface area contributed by atoms with E-state index in [1.807, 2.05) is 12.1 Å². The zero-order valence-corrected chi connectivity index (χ0v) is 8.51. The van der Waals surface area contributed by atoms with Crippen molar-refractivity contribution >= 4 is 17.6 Å². The number of nitrogen functional groups attached to an aromatic ring is 1. The summed E-state index contributed by atoms with van der Waals surface area (Å²) in [6.45, 7) is 0.815. The maximum Gasteiger partial charge on any atom is 0.123 e. The Bertz CT molecular complexity index is 238. The molecule has 0 atom stereocenters. The Labute approximate surface area is 82.7 Å². The summed E-state index contributed by atoms with van der Waals surface area (Å²) >= 11 is 1.77. The summed E-state index contributed by atoms with van der Waals surface area (Å²) in [5.41, 5.74) is 5.46. The number of nitrogens with zero attached hydrogens (tertiary/aromatic N) is 1. The molecule has 0 aliphatic rings. The molecule has 0 fully saturated rings. The van der Waals surface area contributed by atoms with Crippen LogP contribution >= 0.6 is 11.8 Å². The van der Waals surface area contributed by atoms with Gasteiger partial charge in [-0.15, -0.1) is 11.8 Å². The highest BCUT2D eigenvalue weighted by molar-refractivity contribution is 7.99. The standard InChI is InChI=1S/C9H14N2OS/c1-12-5-2-6-13-8-3-4-9(10)11-7-8/h3-4,7H,2,5-6H2,1H3,(H2,10,11). The van der Waals surface area contributed by atoms with Crippen LogP contribution in [0.2, 0.25) is 0 Å². The summed E-state index contributed by atoms with van der Waals surface area (Å²) in [4.78, 5) is 5.16. The zero-order valence-electron chi connectivity index (χ0n) is 7.69. The zero-order chi connectivity index (χ0) is 9.52. The fourth-order valence-corrected chi connectivity index (χ4v) is 1.66. The molecular formula is C9H14N2OS. The molecular weight excluding hydrogens is 184 g/mol. The van der Waals surface area contributed by atoms with Crippen molar-refractivity contribution in [3.63, 3.8) is 0 Å². The molecule has 0 saturated carbocycles. The molecule has 1 aromatic heterocycles. The lowest BCUT2D eigenvalue weighted by Gasteiger charge is -2.00. The van der Waals surface area contributed by atoms with Gasteiger partial charge in [0.1, 0.15) is 5.82 Å². The second-order valence-corrected chi connectivity index (χ2v) is 3.78. The van der Waals surface area contributed by atoms with Crippen LogP contribution in [0.25, 0.3) is 0 Å². The van der Waals surface area contributed by atoms with E-state index in [-0.39, 0.29) is 0 Å². The summed E-state index contributed by atoms with van der Waals surface area (Å²) in [5, 5.41) is 0. The number of rotatable bonds is 5. The first kappa shape index (κ1) is 10.3. The van der Waals surface area contributed by atoms with E-state index >= 15 is 0 Å². The van der Waals surface area contributed by atoms with Crippen LogP contribution in [0.1, 0.15) is 6.42 Å². The Morgan fingerprint density at radius 1 is 1.54 bits per heavy atom. The number of anilines is 1. The highest BCUT2D eigenvalue weighted by Gasteiger charge is 1.94. The molecule has 0 bridgehead atoms. The van der Waals surface area contributed by atoms with Crippen LogP contribution in [0, 0.1) is 0 Å². The van der Waals surface area contributed by atoms with Crippen molar-refractivity contribution in [1.29, 1.82) is 0 Å². The molecule has 0 aromatic carbocycles. The highest BCUT2D eigenvalue weighted by Crippen LogP contribution is 2.17. The normalized spacial score (nSPS) is 10.2. The third-order valence-electron chi connectivity index (χ3n) is 1.52. The minimum absolute atomic E-state index is 0.571. The van der Waals surface area contributed by atoms with Crippen molar-refractivity contribution in [2.75, 3.05) is 25.2 Å². The smallest absolute Gasteiger partial charge is 0.123 e. The number of thioether (sulfide) groups is 1. The average Bonchev–Trinajstić information content (AvgIpc) is 2.15. The molecule has 0 aliphatic heterocycles. The van der Waals surface area contributed by atoms with E-state index in [9.17, 15) is 0 Å². The molecule has 4 heteroatoms. The van der Waals surface area contributed by atoms with Crippen LogP contribution in [0.15, 0.2) is 23.2 Å². The van der Waals surface area contributed by atoms with E-state index in [4.69, 9.17) is 10.5 Å². The summed E-state index contributed by atoms with van der Waals surface area (Å²) in [6.07, 6.45) is 2.86. The molecule has 1 rings (SSSR count). The predicted octanol–water partition coefficient (Wildman–Crippen LogP) is 1.79. The van der Waals surface area contributed by atoms with E-state index in [0.717, 1.165) is 23.7 Å². The second-order valence-electron chi connectivity index (χ2n) is 2.61. The molecule has 0 saturated heterocycles. The number of nitrogens with two attached hydrogens (primary N) is 1. The lowest BCUT2D eigenvalue weighted by molar-refractivity contribution is 0.200. The number of aromatic nitrogens is 1. The number of ether oxygens (including phenoxy) is 1. The van der Waals surface area contributed by atoms with Crippen LogP contribution in [0.3, 0.4) is 0 Å². The Balaban J connectivity index is 2.25. The summed E-state index contributed by atoms with van der Waals surface area (Å²) < 4.78 is 4.95. The molecule has 13 heavy (non-hydrogen) atoms. The van der Waals surface area contributed by atoms with Crippen LogP contribution < -0.4 is 5.73 Å². The van der Waals surface area contributed by atoms with E-state index in [0.29, 0.717) is 5.82 Å². The van der Waals surface area contributed by atoms with Gasteiger partial charge in [-0.25, -0.2) is 4.98 Å². The van der Waals surface area contributed by atoms with Crippen molar-refractivity contribution in [2.24, 2.45) is 0 Å². The predicted molar refractivity (Wildman–Crippen MR) is 55.9 cm³/mol. The van der Waals surface area contributed by atoms with Crippen molar-refractivity contribution < 1.29 is 4.74 Å². The second kappa shape index (κ2) is 5.83. The van der Waals surface area contributed by atoms with Gasteiger partial charge >= 0.3 is 0 Å². The molecule has 0 amide bonds. The fraction of sp³-hybridized carbons (Fsp3) is 0.444. The molecule has 1 heterocycles. The molecule has 0 aliphatic carbocycles. The summed E-state index contributed by atoms with van der Waals surface area (Å²) in [5.74, 6) is 1.63. The molecule has 0 radical (unpaired) electrons. The molecule has 3 nitrogen and oxygen atoms in total. The van der Waals surface area contributed by atoms with Crippen LogP contribution in [-0.4, -0.2) is 24.5 Å². The van der Waals surface area contributed by atoms with Crippen molar-refractivity contribution in [3.8, 4) is 0 Å². The van der Waals surface area contributed by atoms with E-state index in [1.165, 1.54) is 0 Å². The van der Waals surface area contributed by atoms with E-state index in [2.05, 4.69) is 4.98 Å². The van der Waals surface area contributed by atoms with E-state index < -0.39 is 0 Å². The molecule has 1 aromatic rings. The van der Waals surface area contributed by atoms with Gasteiger partial charge in [-0.3, -0.25) is 0 Å². The highest BCUT2D eigenvalue weighted by atomic mass is 32.2. The van der Waals surface area contributed by atoms with Crippen LogP contribution in [0.5, 0.6) is 0 Å². The number of hydrogen-bond donors (Lipinski definition) is 1. The quantitative estimate of drug-likeness (QED) is 0.579. The van der Waals surface area contributed by atoms with Gasteiger partial charge < -0.3 is 10.5 Å². The SMILES string of the molecule is COCCCSc1ccc(N)nc1. The van der Waals surface area contributed by atoms with Gasteiger partial charge in [0.15, 0.2) is 0 Å². The molecule has 72 valence electrons. The third-order valence-corrected chi connectivity index (χ3v) is 2.59. The topological polar surface area (TPSA) is 48.1 Å². The van der Waals surface area contributed by atoms with Crippen LogP contribution in [-0.2, 0) is 4.74 Å². The minimum atomic E-state index is 0.571. The Morgan fingerprint density at radius 3 is 3.00 bits per heavy atom. The summed E-state index contributed by atoms with van der Waals surface area (Å²) in [7, 11) is 1.72. The average molecular weight is 198 g/mol.